The third-order valence-electron chi connectivity index (χ3n) is 2.24. The topological polar surface area (TPSA) is 25.8 Å². The highest BCUT2D eigenvalue weighted by atomic mass is 32.1. The Labute approximate surface area is 101 Å². The van der Waals surface area contributed by atoms with Crippen molar-refractivity contribution in [2.75, 3.05) is 0 Å². The first-order chi connectivity index (χ1) is 7.93. The molecule has 2 heterocycles. The van der Waals surface area contributed by atoms with Crippen LogP contribution in [0.1, 0.15) is 0 Å². The molecule has 0 saturated carbocycles. The Morgan fingerprint density at radius 2 is 1.12 bits per heavy atom. The zero-order chi connectivity index (χ0) is 10.8. The molecule has 0 aliphatic heterocycles. The van der Waals surface area contributed by atoms with Gasteiger partial charge in [0.1, 0.15) is 10.0 Å². The lowest BCUT2D eigenvalue weighted by Crippen LogP contribution is -1.78. The van der Waals surface area contributed by atoms with Crippen LogP contribution in [-0.4, -0.2) is 9.97 Å². The third kappa shape index (κ3) is 1.77. The monoisotopic (exact) mass is 244 g/mol. The van der Waals surface area contributed by atoms with Gasteiger partial charge in [-0.2, -0.15) is 0 Å². The molecule has 0 bridgehead atoms. The molecule has 0 aliphatic carbocycles. The Balaban J connectivity index is 1.97. The van der Waals surface area contributed by atoms with Gasteiger partial charge < -0.3 is 0 Å². The Bertz CT molecular complexity index is 500. The average Bonchev–Trinajstić information content (AvgIpc) is 3.03. The van der Waals surface area contributed by atoms with Crippen molar-refractivity contribution < 1.29 is 0 Å². The van der Waals surface area contributed by atoms with E-state index >= 15 is 0 Å². The highest BCUT2D eigenvalue weighted by Crippen LogP contribution is 2.26. The summed E-state index contributed by atoms with van der Waals surface area (Å²) in [6.45, 7) is 0. The van der Waals surface area contributed by atoms with Crippen LogP contribution in [0.5, 0.6) is 0 Å². The minimum Gasteiger partial charge on any atom is -0.245 e. The molecule has 2 aromatic heterocycles. The van der Waals surface area contributed by atoms with E-state index in [4.69, 9.17) is 0 Å². The molecule has 3 aromatic rings. The number of thiazole rings is 2. The number of hydrogen-bond donors (Lipinski definition) is 0. The summed E-state index contributed by atoms with van der Waals surface area (Å²) in [4.78, 5) is 8.57. The second-order valence-electron chi connectivity index (χ2n) is 3.25. The van der Waals surface area contributed by atoms with Crippen molar-refractivity contribution in [3.8, 4) is 21.1 Å². The highest BCUT2D eigenvalue weighted by molar-refractivity contribution is 7.13. The zero-order valence-electron chi connectivity index (χ0n) is 8.33. The highest BCUT2D eigenvalue weighted by Gasteiger charge is 2.02. The van der Waals surface area contributed by atoms with E-state index in [9.17, 15) is 0 Å². The van der Waals surface area contributed by atoms with E-state index in [-0.39, 0.29) is 0 Å². The van der Waals surface area contributed by atoms with Crippen molar-refractivity contribution in [2.24, 2.45) is 0 Å². The fourth-order valence-electron chi connectivity index (χ4n) is 1.49. The van der Waals surface area contributed by atoms with Gasteiger partial charge in [-0.15, -0.1) is 22.7 Å². The molecule has 0 radical (unpaired) electrons. The molecule has 0 fully saturated rings. The summed E-state index contributed by atoms with van der Waals surface area (Å²) in [5.74, 6) is 0. The first kappa shape index (κ1) is 9.69. The van der Waals surface area contributed by atoms with Crippen molar-refractivity contribution in [3.05, 3.63) is 47.4 Å². The third-order valence-corrected chi connectivity index (χ3v) is 3.89. The Hall–Kier alpha value is -1.52. The molecular weight excluding hydrogens is 236 g/mol. The van der Waals surface area contributed by atoms with Gasteiger partial charge in [0.05, 0.1) is 0 Å². The van der Waals surface area contributed by atoms with Gasteiger partial charge in [-0.1, -0.05) is 24.3 Å². The lowest BCUT2D eigenvalue weighted by Gasteiger charge is -1.98. The molecule has 1 aromatic carbocycles. The van der Waals surface area contributed by atoms with E-state index in [0.29, 0.717) is 0 Å². The summed E-state index contributed by atoms with van der Waals surface area (Å²) in [6, 6.07) is 8.37. The van der Waals surface area contributed by atoms with Crippen LogP contribution in [0, 0.1) is 0 Å². The summed E-state index contributed by atoms with van der Waals surface area (Å²) < 4.78 is 0. The van der Waals surface area contributed by atoms with Crippen LogP contribution in [0.3, 0.4) is 0 Å². The summed E-state index contributed by atoms with van der Waals surface area (Å²) in [5, 5.41) is 6.10. The molecule has 0 saturated heterocycles. The number of nitrogens with zero attached hydrogens (tertiary/aromatic N) is 2. The number of rotatable bonds is 2. The Morgan fingerprint density at radius 3 is 1.44 bits per heavy atom. The molecule has 16 heavy (non-hydrogen) atoms. The molecule has 0 unspecified atom stereocenters. The zero-order valence-corrected chi connectivity index (χ0v) is 9.96. The fourth-order valence-corrected chi connectivity index (χ4v) is 2.78. The largest absolute Gasteiger partial charge is 0.245 e. The molecular formula is C12H8N2S2. The van der Waals surface area contributed by atoms with Crippen molar-refractivity contribution in [1.29, 1.82) is 0 Å². The summed E-state index contributed by atoms with van der Waals surface area (Å²) in [7, 11) is 0. The summed E-state index contributed by atoms with van der Waals surface area (Å²) in [5.41, 5.74) is 2.32. The lowest BCUT2D eigenvalue weighted by atomic mass is 10.1. The predicted octanol–water partition coefficient (Wildman–Crippen LogP) is 3.93. The smallest absolute Gasteiger partial charge is 0.123 e. The van der Waals surface area contributed by atoms with Gasteiger partial charge in [-0.05, 0) is 0 Å². The molecule has 0 amide bonds. The van der Waals surface area contributed by atoms with Crippen LogP contribution in [0.4, 0.5) is 0 Å². The maximum atomic E-state index is 4.28. The van der Waals surface area contributed by atoms with Gasteiger partial charge in [-0.25, -0.2) is 9.97 Å². The maximum absolute atomic E-state index is 4.28. The van der Waals surface area contributed by atoms with E-state index in [1.807, 2.05) is 23.2 Å². The maximum Gasteiger partial charge on any atom is 0.123 e. The van der Waals surface area contributed by atoms with Gasteiger partial charge in [0, 0.05) is 34.3 Å². The van der Waals surface area contributed by atoms with Gasteiger partial charge in [0.2, 0.25) is 0 Å². The standard InChI is InChI=1S/C12H8N2S2/c1-2-10(12-14-6-8-16-12)4-3-9(1)11-13-5-7-15-11/h1-8H. The predicted molar refractivity (Wildman–Crippen MR) is 68.7 cm³/mol. The minimum atomic E-state index is 1.06. The van der Waals surface area contributed by atoms with Gasteiger partial charge in [0.15, 0.2) is 0 Å². The lowest BCUT2D eigenvalue weighted by molar-refractivity contribution is 1.40. The van der Waals surface area contributed by atoms with Crippen molar-refractivity contribution in [2.45, 2.75) is 0 Å². The second kappa shape index (κ2) is 4.15. The van der Waals surface area contributed by atoms with Gasteiger partial charge >= 0.3 is 0 Å². The molecule has 0 spiro atoms. The van der Waals surface area contributed by atoms with Crippen LogP contribution in [0.2, 0.25) is 0 Å². The van der Waals surface area contributed by atoms with E-state index < -0.39 is 0 Å². The number of benzene rings is 1. The quantitative estimate of drug-likeness (QED) is 0.682. The molecule has 0 atom stereocenters. The average molecular weight is 244 g/mol. The van der Waals surface area contributed by atoms with Crippen LogP contribution in [0.15, 0.2) is 47.4 Å². The molecule has 0 aliphatic rings. The molecule has 4 heteroatoms. The van der Waals surface area contributed by atoms with Gasteiger partial charge in [-0.3, -0.25) is 0 Å². The van der Waals surface area contributed by atoms with Crippen molar-refractivity contribution in [1.82, 2.24) is 9.97 Å². The van der Waals surface area contributed by atoms with Crippen LogP contribution < -0.4 is 0 Å². The van der Waals surface area contributed by atoms with Gasteiger partial charge in [0.25, 0.3) is 0 Å². The Morgan fingerprint density at radius 1 is 0.688 bits per heavy atom. The van der Waals surface area contributed by atoms with E-state index in [1.54, 1.807) is 22.7 Å². The second-order valence-corrected chi connectivity index (χ2v) is 5.04. The Kier molecular flexibility index (Phi) is 2.52. The minimum absolute atomic E-state index is 1.06. The fraction of sp³-hybridized carbons (Fsp3) is 0. The number of aromatic nitrogens is 2. The first-order valence-electron chi connectivity index (χ1n) is 4.83. The van der Waals surface area contributed by atoms with Crippen molar-refractivity contribution in [3.63, 3.8) is 0 Å². The van der Waals surface area contributed by atoms with Crippen molar-refractivity contribution >= 4 is 22.7 Å². The van der Waals surface area contributed by atoms with E-state index in [2.05, 4.69) is 34.2 Å². The van der Waals surface area contributed by atoms with Crippen LogP contribution in [0.25, 0.3) is 21.1 Å². The van der Waals surface area contributed by atoms with Crippen LogP contribution in [-0.2, 0) is 0 Å². The summed E-state index contributed by atoms with van der Waals surface area (Å²) >= 11 is 3.31. The first-order valence-corrected chi connectivity index (χ1v) is 6.59. The summed E-state index contributed by atoms with van der Waals surface area (Å²) in [6.07, 6.45) is 3.66. The molecule has 78 valence electrons. The molecule has 2 nitrogen and oxygen atoms in total. The molecule has 3 rings (SSSR count). The normalized spacial score (nSPS) is 10.5. The van der Waals surface area contributed by atoms with Crippen LogP contribution >= 0.6 is 22.7 Å². The SMILES string of the molecule is c1csc(-c2ccc(-c3nccs3)cc2)n1. The van der Waals surface area contributed by atoms with E-state index in [1.165, 1.54) is 0 Å². The van der Waals surface area contributed by atoms with E-state index in [0.717, 1.165) is 21.1 Å². The number of hydrogen-bond acceptors (Lipinski definition) is 4. The molecule has 0 N–H and O–H groups in total.